The van der Waals surface area contributed by atoms with E-state index in [1.807, 2.05) is 13.8 Å². The monoisotopic (exact) mass is 243 g/mol. The standard InChI is InChI=1S/C12H25N3O2/c1-5-7-10(3)14-11(16)8-13-9-12(17)15(4)6-2/h10,13H,5-9H2,1-4H3,(H,14,16). The second kappa shape index (κ2) is 8.98. The van der Waals surface area contributed by atoms with Gasteiger partial charge in [0.15, 0.2) is 0 Å². The molecule has 0 aromatic rings. The van der Waals surface area contributed by atoms with Crippen molar-refractivity contribution in [2.45, 2.75) is 39.7 Å². The summed E-state index contributed by atoms with van der Waals surface area (Å²) < 4.78 is 0. The third-order valence-electron chi connectivity index (χ3n) is 2.59. The van der Waals surface area contributed by atoms with Gasteiger partial charge in [-0.3, -0.25) is 14.9 Å². The van der Waals surface area contributed by atoms with E-state index in [-0.39, 0.29) is 30.9 Å². The molecule has 0 aliphatic carbocycles. The van der Waals surface area contributed by atoms with Crippen molar-refractivity contribution in [3.63, 3.8) is 0 Å². The van der Waals surface area contributed by atoms with E-state index in [9.17, 15) is 9.59 Å². The lowest BCUT2D eigenvalue weighted by molar-refractivity contribution is -0.128. The van der Waals surface area contributed by atoms with Crippen LogP contribution in [0.4, 0.5) is 0 Å². The van der Waals surface area contributed by atoms with E-state index in [2.05, 4.69) is 17.6 Å². The fraction of sp³-hybridized carbons (Fsp3) is 0.833. The molecule has 0 radical (unpaired) electrons. The lowest BCUT2D eigenvalue weighted by atomic mass is 10.2. The second-order valence-corrected chi connectivity index (χ2v) is 4.27. The van der Waals surface area contributed by atoms with Crippen molar-refractivity contribution in [1.82, 2.24) is 15.5 Å². The Morgan fingerprint density at radius 2 is 1.88 bits per heavy atom. The van der Waals surface area contributed by atoms with Crippen LogP contribution in [0.3, 0.4) is 0 Å². The van der Waals surface area contributed by atoms with Gasteiger partial charge in [-0.15, -0.1) is 0 Å². The Balaban J connectivity index is 3.67. The lowest BCUT2D eigenvalue weighted by Gasteiger charge is -2.15. The predicted molar refractivity (Wildman–Crippen MR) is 68.7 cm³/mol. The lowest BCUT2D eigenvalue weighted by Crippen LogP contribution is -2.42. The molecule has 0 rings (SSSR count). The molecule has 100 valence electrons. The van der Waals surface area contributed by atoms with Crippen LogP contribution in [-0.4, -0.2) is 49.4 Å². The number of rotatable bonds is 8. The van der Waals surface area contributed by atoms with Crippen LogP contribution in [0.15, 0.2) is 0 Å². The Morgan fingerprint density at radius 3 is 2.41 bits per heavy atom. The zero-order chi connectivity index (χ0) is 13.3. The first kappa shape index (κ1) is 15.9. The normalized spacial score (nSPS) is 12.0. The average molecular weight is 243 g/mol. The first-order valence-electron chi connectivity index (χ1n) is 6.25. The number of nitrogens with one attached hydrogen (secondary N) is 2. The fourth-order valence-electron chi connectivity index (χ4n) is 1.43. The van der Waals surface area contributed by atoms with Crippen LogP contribution in [0.1, 0.15) is 33.6 Å². The Bertz CT molecular complexity index is 244. The van der Waals surface area contributed by atoms with Gasteiger partial charge in [0.25, 0.3) is 0 Å². The maximum absolute atomic E-state index is 11.5. The molecule has 0 fully saturated rings. The fourth-order valence-corrected chi connectivity index (χ4v) is 1.43. The molecule has 2 amide bonds. The van der Waals surface area contributed by atoms with E-state index in [1.54, 1.807) is 11.9 Å². The molecule has 0 saturated carbocycles. The van der Waals surface area contributed by atoms with Crippen LogP contribution in [0, 0.1) is 0 Å². The third kappa shape index (κ3) is 7.74. The molecule has 1 unspecified atom stereocenters. The van der Waals surface area contributed by atoms with Gasteiger partial charge < -0.3 is 10.2 Å². The summed E-state index contributed by atoms with van der Waals surface area (Å²) in [5.41, 5.74) is 0. The number of carbonyl (C=O) groups excluding carboxylic acids is 2. The van der Waals surface area contributed by atoms with Crippen molar-refractivity contribution < 1.29 is 9.59 Å². The van der Waals surface area contributed by atoms with E-state index >= 15 is 0 Å². The van der Waals surface area contributed by atoms with E-state index in [1.165, 1.54) is 0 Å². The van der Waals surface area contributed by atoms with Crippen LogP contribution in [-0.2, 0) is 9.59 Å². The van der Waals surface area contributed by atoms with Gasteiger partial charge in [0.05, 0.1) is 13.1 Å². The number of hydrogen-bond donors (Lipinski definition) is 2. The van der Waals surface area contributed by atoms with Gasteiger partial charge in [0, 0.05) is 19.6 Å². The Hall–Kier alpha value is -1.10. The molecular formula is C12H25N3O2. The average Bonchev–Trinajstić information content (AvgIpc) is 2.27. The minimum atomic E-state index is -0.0575. The van der Waals surface area contributed by atoms with Gasteiger partial charge >= 0.3 is 0 Å². The maximum Gasteiger partial charge on any atom is 0.236 e. The quantitative estimate of drug-likeness (QED) is 0.647. The highest BCUT2D eigenvalue weighted by Gasteiger charge is 2.08. The molecule has 0 heterocycles. The highest BCUT2D eigenvalue weighted by Crippen LogP contribution is 1.93. The van der Waals surface area contributed by atoms with E-state index in [4.69, 9.17) is 0 Å². The zero-order valence-corrected chi connectivity index (χ0v) is 11.4. The van der Waals surface area contributed by atoms with E-state index in [0.717, 1.165) is 12.8 Å². The molecule has 5 heteroatoms. The molecule has 17 heavy (non-hydrogen) atoms. The molecule has 0 bridgehead atoms. The summed E-state index contributed by atoms with van der Waals surface area (Å²) in [6.45, 7) is 7.06. The highest BCUT2D eigenvalue weighted by molar-refractivity contribution is 5.81. The summed E-state index contributed by atoms with van der Waals surface area (Å²) in [6.07, 6.45) is 2.03. The topological polar surface area (TPSA) is 61.4 Å². The van der Waals surface area contributed by atoms with Crippen LogP contribution >= 0.6 is 0 Å². The molecule has 0 aromatic heterocycles. The van der Waals surface area contributed by atoms with Gasteiger partial charge in [-0.05, 0) is 20.3 Å². The van der Waals surface area contributed by atoms with Gasteiger partial charge in [-0.2, -0.15) is 0 Å². The van der Waals surface area contributed by atoms with Crippen molar-refractivity contribution in [1.29, 1.82) is 0 Å². The molecule has 0 spiro atoms. The molecule has 0 aliphatic rings. The van der Waals surface area contributed by atoms with Crippen molar-refractivity contribution in [2.75, 3.05) is 26.7 Å². The number of nitrogens with zero attached hydrogens (tertiary/aromatic N) is 1. The Labute approximate surface area is 104 Å². The number of hydrogen-bond acceptors (Lipinski definition) is 3. The summed E-state index contributed by atoms with van der Waals surface area (Å²) in [5, 5.41) is 5.72. The van der Waals surface area contributed by atoms with Gasteiger partial charge in [-0.25, -0.2) is 0 Å². The summed E-state index contributed by atoms with van der Waals surface area (Å²) in [5.74, 6) is -0.0557. The highest BCUT2D eigenvalue weighted by atomic mass is 16.2. The molecular weight excluding hydrogens is 218 g/mol. The number of amides is 2. The zero-order valence-electron chi connectivity index (χ0n) is 11.4. The minimum absolute atomic E-state index is 0.00177. The number of likely N-dealkylation sites (N-methyl/N-ethyl adjacent to an activating group) is 1. The Kier molecular flexibility index (Phi) is 8.40. The van der Waals surface area contributed by atoms with Crippen molar-refractivity contribution in [3.8, 4) is 0 Å². The van der Waals surface area contributed by atoms with Crippen LogP contribution in [0.25, 0.3) is 0 Å². The van der Waals surface area contributed by atoms with Crippen molar-refractivity contribution in [2.24, 2.45) is 0 Å². The van der Waals surface area contributed by atoms with Crippen molar-refractivity contribution >= 4 is 11.8 Å². The SMILES string of the molecule is CCCC(C)NC(=O)CNCC(=O)N(C)CC. The number of carbonyl (C=O) groups is 2. The van der Waals surface area contributed by atoms with Gasteiger partial charge in [0.1, 0.15) is 0 Å². The summed E-state index contributed by atoms with van der Waals surface area (Å²) in [4.78, 5) is 24.5. The molecule has 0 aromatic carbocycles. The molecule has 0 saturated heterocycles. The first-order valence-corrected chi connectivity index (χ1v) is 6.25. The molecule has 0 aliphatic heterocycles. The third-order valence-corrected chi connectivity index (χ3v) is 2.59. The smallest absolute Gasteiger partial charge is 0.236 e. The summed E-state index contributed by atoms with van der Waals surface area (Å²) >= 11 is 0. The van der Waals surface area contributed by atoms with Crippen LogP contribution in [0.2, 0.25) is 0 Å². The van der Waals surface area contributed by atoms with E-state index < -0.39 is 0 Å². The predicted octanol–water partition coefficient (Wildman–Crippen LogP) is 0.359. The summed E-state index contributed by atoms with van der Waals surface area (Å²) in [6, 6.07) is 0.198. The summed E-state index contributed by atoms with van der Waals surface area (Å²) in [7, 11) is 1.74. The van der Waals surface area contributed by atoms with Crippen molar-refractivity contribution in [3.05, 3.63) is 0 Å². The van der Waals surface area contributed by atoms with Crippen LogP contribution < -0.4 is 10.6 Å². The molecule has 1 atom stereocenters. The largest absolute Gasteiger partial charge is 0.353 e. The molecule has 5 nitrogen and oxygen atoms in total. The van der Waals surface area contributed by atoms with Gasteiger partial charge in [0.2, 0.25) is 11.8 Å². The van der Waals surface area contributed by atoms with Gasteiger partial charge in [-0.1, -0.05) is 13.3 Å². The second-order valence-electron chi connectivity index (χ2n) is 4.27. The van der Waals surface area contributed by atoms with Crippen LogP contribution in [0.5, 0.6) is 0 Å². The van der Waals surface area contributed by atoms with E-state index in [0.29, 0.717) is 6.54 Å². The maximum atomic E-state index is 11.5. The Morgan fingerprint density at radius 1 is 1.24 bits per heavy atom. The first-order chi connectivity index (χ1) is 8.01. The minimum Gasteiger partial charge on any atom is -0.353 e. The molecule has 2 N–H and O–H groups in total.